The van der Waals surface area contributed by atoms with Crippen LogP contribution in [0.5, 0.6) is 0 Å². The lowest BCUT2D eigenvalue weighted by Crippen LogP contribution is -2.37. The molecule has 1 aromatic rings. The van der Waals surface area contributed by atoms with Crippen LogP contribution in [0, 0.1) is 5.41 Å². The van der Waals surface area contributed by atoms with E-state index >= 15 is 0 Å². The molecule has 0 atom stereocenters. The number of hydrogen-bond acceptors (Lipinski definition) is 4. The van der Waals surface area contributed by atoms with E-state index in [0.717, 1.165) is 25.7 Å². The number of ether oxygens (including phenoxy) is 1. The average Bonchev–Trinajstić information content (AvgIpc) is 2.79. The highest BCUT2D eigenvalue weighted by atomic mass is 16.5. The van der Waals surface area contributed by atoms with Gasteiger partial charge >= 0.3 is 0 Å². The van der Waals surface area contributed by atoms with E-state index in [0.29, 0.717) is 17.1 Å². The number of aliphatic hydroxyl groups excluding tert-OH is 1. The molecule has 1 aliphatic rings. The zero-order chi connectivity index (χ0) is 12.5. The number of methoxy groups -OCH3 is 1. The molecule has 96 valence electrons. The molecule has 0 aliphatic heterocycles. The van der Waals surface area contributed by atoms with Crippen molar-refractivity contribution >= 4 is 0 Å². The van der Waals surface area contributed by atoms with Crippen LogP contribution in [0.15, 0.2) is 0 Å². The fourth-order valence-electron chi connectivity index (χ4n) is 2.42. The Hall–Kier alpha value is -0.940. The topological polar surface area (TPSA) is 71.0 Å². The van der Waals surface area contributed by atoms with Gasteiger partial charge in [-0.15, -0.1) is 0 Å². The highest BCUT2D eigenvalue weighted by Crippen LogP contribution is 2.45. The first-order valence-corrected chi connectivity index (χ1v) is 6.09. The van der Waals surface area contributed by atoms with E-state index in [2.05, 4.69) is 29.0 Å². The summed E-state index contributed by atoms with van der Waals surface area (Å²) in [5.41, 5.74) is -0.00240. The molecule has 5 heteroatoms. The quantitative estimate of drug-likeness (QED) is 0.842. The van der Waals surface area contributed by atoms with Gasteiger partial charge in [-0.05, 0) is 31.1 Å². The molecule has 0 spiro atoms. The molecule has 2 N–H and O–H groups in total. The number of H-pyrrole nitrogens is 1. The van der Waals surface area contributed by atoms with E-state index < -0.39 is 0 Å². The van der Waals surface area contributed by atoms with E-state index in [1.54, 1.807) is 7.11 Å². The van der Waals surface area contributed by atoms with E-state index in [-0.39, 0.29) is 12.2 Å². The van der Waals surface area contributed by atoms with Gasteiger partial charge in [-0.2, -0.15) is 5.10 Å². The Balaban J connectivity index is 2.21. The summed E-state index contributed by atoms with van der Waals surface area (Å²) in [5, 5.41) is 15.9. The molecule has 1 heterocycles. The fourth-order valence-corrected chi connectivity index (χ4v) is 2.42. The fraction of sp³-hybridized carbons (Fsp3) is 0.833. The molecule has 1 aliphatic carbocycles. The van der Waals surface area contributed by atoms with Crippen molar-refractivity contribution in [3.05, 3.63) is 11.6 Å². The Morgan fingerprint density at radius 2 is 1.94 bits per heavy atom. The SMILES string of the molecule is COC1(c2n[nH]c(CO)n2)CCC(C)(C)CC1. The smallest absolute Gasteiger partial charge is 0.182 e. The van der Waals surface area contributed by atoms with Crippen molar-refractivity contribution in [2.45, 2.75) is 51.7 Å². The second-order valence-corrected chi connectivity index (χ2v) is 5.63. The normalized spacial score (nSPS) is 22.6. The van der Waals surface area contributed by atoms with Crippen LogP contribution in [0.3, 0.4) is 0 Å². The molecule has 5 nitrogen and oxygen atoms in total. The molecular formula is C12H21N3O2. The highest BCUT2D eigenvalue weighted by molar-refractivity contribution is 5.06. The molecule has 0 amide bonds. The zero-order valence-corrected chi connectivity index (χ0v) is 10.8. The summed E-state index contributed by atoms with van der Waals surface area (Å²) in [7, 11) is 1.72. The predicted octanol–water partition coefficient (Wildman–Crippen LogP) is 1.74. The summed E-state index contributed by atoms with van der Waals surface area (Å²) in [6.07, 6.45) is 4.06. The maximum Gasteiger partial charge on any atom is 0.182 e. The Morgan fingerprint density at radius 1 is 1.29 bits per heavy atom. The van der Waals surface area contributed by atoms with Crippen LogP contribution in [0.1, 0.15) is 51.2 Å². The summed E-state index contributed by atoms with van der Waals surface area (Å²) in [5.74, 6) is 1.18. The Bertz CT molecular complexity index is 377. The molecule has 1 saturated carbocycles. The molecule has 0 bridgehead atoms. The maximum absolute atomic E-state index is 9.01. The average molecular weight is 239 g/mol. The molecule has 2 rings (SSSR count). The summed E-state index contributed by atoms with van der Waals surface area (Å²) in [4.78, 5) is 4.30. The van der Waals surface area contributed by atoms with Crippen molar-refractivity contribution in [3.8, 4) is 0 Å². The minimum Gasteiger partial charge on any atom is -0.388 e. The number of nitrogens with one attached hydrogen (secondary N) is 1. The Labute approximate surface area is 102 Å². The van der Waals surface area contributed by atoms with Gasteiger partial charge in [0.15, 0.2) is 5.82 Å². The number of aliphatic hydroxyl groups is 1. The summed E-state index contributed by atoms with van der Waals surface area (Å²) in [6, 6.07) is 0. The van der Waals surface area contributed by atoms with Crippen molar-refractivity contribution in [3.63, 3.8) is 0 Å². The van der Waals surface area contributed by atoms with Crippen LogP contribution in [-0.2, 0) is 16.9 Å². The monoisotopic (exact) mass is 239 g/mol. The van der Waals surface area contributed by atoms with Crippen LogP contribution >= 0.6 is 0 Å². The number of nitrogens with zero attached hydrogens (tertiary/aromatic N) is 2. The number of aromatic amines is 1. The van der Waals surface area contributed by atoms with Crippen LogP contribution in [0.4, 0.5) is 0 Å². The van der Waals surface area contributed by atoms with Gasteiger partial charge < -0.3 is 9.84 Å². The lowest BCUT2D eigenvalue weighted by molar-refractivity contribution is -0.0727. The minimum absolute atomic E-state index is 0.113. The van der Waals surface area contributed by atoms with Gasteiger partial charge in [0.1, 0.15) is 18.0 Å². The first-order valence-electron chi connectivity index (χ1n) is 6.09. The predicted molar refractivity (Wildman–Crippen MR) is 63.2 cm³/mol. The van der Waals surface area contributed by atoms with Crippen LogP contribution in [-0.4, -0.2) is 27.4 Å². The summed E-state index contributed by atoms with van der Waals surface area (Å²) >= 11 is 0. The lowest BCUT2D eigenvalue weighted by Gasteiger charge is -2.40. The maximum atomic E-state index is 9.01. The number of hydrogen-bond donors (Lipinski definition) is 2. The molecule has 0 saturated heterocycles. The second kappa shape index (κ2) is 4.38. The van der Waals surface area contributed by atoms with Crippen molar-refractivity contribution in [1.82, 2.24) is 15.2 Å². The highest BCUT2D eigenvalue weighted by Gasteiger charge is 2.42. The van der Waals surface area contributed by atoms with Gasteiger partial charge in [0.05, 0.1) is 0 Å². The zero-order valence-electron chi connectivity index (χ0n) is 10.8. The van der Waals surface area contributed by atoms with Gasteiger partial charge in [-0.1, -0.05) is 13.8 Å². The van der Waals surface area contributed by atoms with Crippen LogP contribution in [0.25, 0.3) is 0 Å². The second-order valence-electron chi connectivity index (χ2n) is 5.63. The molecule has 0 unspecified atom stereocenters. The van der Waals surface area contributed by atoms with E-state index in [9.17, 15) is 0 Å². The van der Waals surface area contributed by atoms with Crippen molar-refractivity contribution in [2.75, 3.05) is 7.11 Å². The standard InChI is InChI=1S/C12H21N3O2/c1-11(2)4-6-12(17-3,7-5-11)10-13-9(8-16)14-15-10/h16H,4-8H2,1-3H3,(H,13,14,15). The first kappa shape index (κ1) is 12.5. The lowest BCUT2D eigenvalue weighted by atomic mass is 9.70. The molecule has 1 aromatic heterocycles. The Kier molecular flexibility index (Phi) is 3.23. The van der Waals surface area contributed by atoms with E-state index in [4.69, 9.17) is 9.84 Å². The molecule has 17 heavy (non-hydrogen) atoms. The van der Waals surface area contributed by atoms with Crippen molar-refractivity contribution < 1.29 is 9.84 Å². The Morgan fingerprint density at radius 3 is 2.41 bits per heavy atom. The van der Waals surface area contributed by atoms with Gasteiger partial charge in [-0.25, -0.2) is 4.98 Å². The van der Waals surface area contributed by atoms with E-state index in [1.807, 2.05) is 0 Å². The van der Waals surface area contributed by atoms with Crippen LogP contribution < -0.4 is 0 Å². The van der Waals surface area contributed by atoms with Crippen molar-refractivity contribution in [1.29, 1.82) is 0 Å². The third kappa shape index (κ3) is 2.35. The molecule has 0 radical (unpaired) electrons. The van der Waals surface area contributed by atoms with Gasteiger partial charge in [-0.3, -0.25) is 5.10 Å². The summed E-state index contributed by atoms with van der Waals surface area (Å²) < 4.78 is 5.69. The van der Waals surface area contributed by atoms with Gasteiger partial charge in [0.2, 0.25) is 0 Å². The third-order valence-corrected chi connectivity index (χ3v) is 3.89. The number of aromatic nitrogens is 3. The summed E-state index contributed by atoms with van der Waals surface area (Å²) in [6.45, 7) is 4.45. The molecule has 0 aromatic carbocycles. The van der Waals surface area contributed by atoms with E-state index in [1.165, 1.54) is 0 Å². The van der Waals surface area contributed by atoms with Crippen molar-refractivity contribution in [2.24, 2.45) is 5.41 Å². The minimum atomic E-state index is -0.376. The number of rotatable bonds is 3. The molecular weight excluding hydrogens is 218 g/mol. The first-order chi connectivity index (χ1) is 8.01. The van der Waals surface area contributed by atoms with Crippen LogP contribution in [0.2, 0.25) is 0 Å². The molecule has 1 fully saturated rings. The van der Waals surface area contributed by atoms with Gasteiger partial charge in [0, 0.05) is 7.11 Å². The largest absolute Gasteiger partial charge is 0.388 e. The van der Waals surface area contributed by atoms with Gasteiger partial charge in [0.25, 0.3) is 0 Å². The third-order valence-electron chi connectivity index (χ3n) is 3.89.